The molecule has 0 spiro atoms. The van der Waals surface area contributed by atoms with Gasteiger partial charge in [-0.2, -0.15) is 0 Å². The van der Waals surface area contributed by atoms with Crippen LogP contribution in [0.15, 0.2) is 28.7 Å². The van der Waals surface area contributed by atoms with E-state index >= 15 is 0 Å². The number of hydrogen-bond donors (Lipinski definition) is 1. The summed E-state index contributed by atoms with van der Waals surface area (Å²) >= 11 is 3.34. The first-order valence-corrected chi connectivity index (χ1v) is 7.25. The molecule has 1 aliphatic rings. The maximum Gasteiger partial charge on any atom is 0.407 e. The van der Waals surface area contributed by atoms with E-state index in [9.17, 15) is 9.59 Å². The highest BCUT2D eigenvalue weighted by molar-refractivity contribution is 9.10. The summed E-state index contributed by atoms with van der Waals surface area (Å²) in [5.41, 5.74) is 0.621. The Bertz CT molecular complexity index is 518. The minimum atomic E-state index is -0.930. The van der Waals surface area contributed by atoms with Gasteiger partial charge in [0.1, 0.15) is 0 Å². The van der Waals surface area contributed by atoms with E-state index < -0.39 is 6.09 Å². The number of amides is 2. The van der Waals surface area contributed by atoms with Crippen LogP contribution in [-0.2, 0) is 0 Å². The molecule has 0 aromatic heterocycles. The van der Waals surface area contributed by atoms with Gasteiger partial charge in [0.25, 0.3) is 5.91 Å². The zero-order chi connectivity index (χ0) is 14.9. The van der Waals surface area contributed by atoms with Gasteiger partial charge in [0.15, 0.2) is 0 Å². The summed E-state index contributed by atoms with van der Waals surface area (Å²) in [5, 5.41) is 9.12. The zero-order valence-electron chi connectivity index (χ0n) is 11.4. The van der Waals surface area contributed by atoms with Gasteiger partial charge in [-0.1, -0.05) is 15.9 Å². The second kappa shape index (κ2) is 5.83. The van der Waals surface area contributed by atoms with Gasteiger partial charge in [0.05, 0.1) is 0 Å². The number of hydrogen-bond acceptors (Lipinski definition) is 2. The number of carbonyl (C=O) groups excluding carboxylic acids is 1. The van der Waals surface area contributed by atoms with Crippen LogP contribution in [0.4, 0.5) is 4.79 Å². The van der Waals surface area contributed by atoms with Crippen LogP contribution in [0.25, 0.3) is 0 Å². The van der Waals surface area contributed by atoms with E-state index in [1.54, 1.807) is 17.0 Å². The van der Waals surface area contributed by atoms with Gasteiger partial charge in [0, 0.05) is 35.2 Å². The van der Waals surface area contributed by atoms with Crippen molar-refractivity contribution in [1.29, 1.82) is 0 Å². The van der Waals surface area contributed by atoms with Crippen LogP contribution in [0.3, 0.4) is 0 Å². The summed E-state index contributed by atoms with van der Waals surface area (Å²) in [7, 11) is 0. The third-order valence-electron chi connectivity index (χ3n) is 3.58. The predicted octanol–water partition coefficient (Wildman–Crippen LogP) is 2.66. The van der Waals surface area contributed by atoms with E-state index in [0.29, 0.717) is 18.7 Å². The SMILES string of the molecule is C[C@@H]1CN(C(=O)O)[C@@H](C)CN1C(=O)c1ccc(Br)cc1. The molecule has 1 fully saturated rings. The molecule has 1 saturated heterocycles. The lowest BCUT2D eigenvalue weighted by Gasteiger charge is -2.42. The first-order chi connectivity index (χ1) is 9.40. The van der Waals surface area contributed by atoms with Crippen LogP contribution in [0.2, 0.25) is 0 Å². The van der Waals surface area contributed by atoms with Crippen molar-refractivity contribution in [2.24, 2.45) is 0 Å². The second-order valence-corrected chi connectivity index (χ2v) is 6.01. The lowest BCUT2D eigenvalue weighted by molar-refractivity contribution is 0.0330. The Morgan fingerprint density at radius 1 is 1.10 bits per heavy atom. The minimum absolute atomic E-state index is 0.0538. The smallest absolute Gasteiger partial charge is 0.407 e. The van der Waals surface area contributed by atoms with E-state index in [4.69, 9.17) is 5.11 Å². The lowest BCUT2D eigenvalue weighted by atomic mass is 10.1. The Balaban J connectivity index is 2.15. The van der Waals surface area contributed by atoms with Gasteiger partial charge in [-0.25, -0.2) is 4.79 Å². The number of nitrogens with zero attached hydrogens (tertiary/aromatic N) is 2. The average Bonchev–Trinajstić information content (AvgIpc) is 2.40. The van der Waals surface area contributed by atoms with Crippen molar-refractivity contribution >= 4 is 27.9 Å². The molecule has 0 saturated carbocycles. The molecule has 0 unspecified atom stereocenters. The van der Waals surface area contributed by atoms with E-state index in [2.05, 4.69) is 15.9 Å². The number of halogens is 1. The fraction of sp³-hybridized carbons (Fsp3) is 0.429. The van der Waals surface area contributed by atoms with Crippen molar-refractivity contribution in [3.63, 3.8) is 0 Å². The molecular weight excluding hydrogens is 324 g/mol. The van der Waals surface area contributed by atoms with Crippen molar-refractivity contribution in [1.82, 2.24) is 9.80 Å². The molecule has 2 amide bonds. The maximum atomic E-state index is 12.5. The van der Waals surface area contributed by atoms with Crippen LogP contribution in [0.1, 0.15) is 24.2 Å². The van der Waals surface area contributed by atoms with Gasteiger partial charge in [0.2, 0.25) is 0 Å². The highest BCUT2D eigenvalue weighted by Crippen LogP contribution is 2.19. The maximum absolute atomic E-state index is 12.5. The normalized spacial score (nSPS) is 22.8. The van der Waals surface area contributed by atoms with Crippen LogP contribution in [-0.4, -0.2) is 52.1 Å². The van der Waals surface area contributed by atoms with E-state index in [1.165, 1.54) is 4.90 Å². The third-order valence-corrected chi connectivity index (χ3v) is 4.11. The fourth-order valence-electron chi connectivity index (χ4n) is 2.43. The van der Waals surface area contributed by atoms with Gasteiger partial charge in [-0.3, -0.25) is 4.79 Å². The summed E-state index contributed by atoms with van der Waals surface area (Å²) in [6.45, 7) is 4.46. The van der Waals surface area contributed by atoms with Crippen LogP contribution < -0.4 is 0 Å². The molecule has 5 nitrogen and oxygen atoms in total. The minimum Gasteiger partial charge on any atom is -0.465 e. The summed E-state index contributed by atoms with van der Waals surface area (Å²) in [5.74, 6) is -0.0538. The largest absolute Gasteiger partial charge is 0.465 e. The topological polar surface area (TPSA) is 60.9 Å². The molecule has 108 valence electrons. The second-order valence-electron chi connectivity index (χ2n) is 5.10. The lowest BCUT2D eigenvalue weighted by Crippen LogP contribution is -2.59. The van der Waals surface area contributed by atoms with E-state index in [-0.39, 0.29) is 18.0 Å². The number of rotatable bonds is 1. The van der Waals surface area contributed by atoms with Gasteiger partial charge < -0.3 is 14.9 Å². The average molecular weight is 341 g/mol. The van der Waals surface area contributed by atoms with Crippen molar-refractivity contribution in [2.45, 2.75) is 25.9 Å². The van der Waals surface area contributed by atoms with E-state index in [0.717, 1.165) is 4.47 Å². The van der Waals surface area contributed by atoms with Crippen LogP contribution in [0, 0.1) is 0 Å². The summed E-state index contributed by atoms with van der Waals surface area (Å²) in [4.78, 5) is 26.7. The number of carboxylic acid groups (broad SMARTS) is 1. The molecule has 0 aliphatic carbocycles. The number of carbonyl (C=O) groups is 2. The summed E-state index contributed by atoms with van der Waals surface area (Å²) < 4.78 is 0.922. The Morgan fingerprint density at radius 2 is 1.60 bits per heavy atom. The van der Waals surface area contributed by atoms with Crippen molar-refractivity contribution in [3.8, 4) is 0 Å². The summed E-state index contributed by atoms with van der Waals surface area (Å²) in [6, 6.07) is 6.88. The first kappa shape index (κ1) is 14.8. The highest BCUT2D eigenvalue weighted by atomic mass is 79.9. The standard InChI is InChI=1S/C14H17BrN2O3/c1-9-8-17(14(19)20)10(2)7-16(9)13(18)11-3-5-12(15)6-4-11/h3-6,9-10H,7-8H2,1-2H3,(H,19,20)/t9-,10+/m1/s1. The molecule has 1 heterocycles. The predicted molar refractivity (Wildman–Crippen MR) is 78.8 cm³/mol. The molecule has 20 heavy (non-hydrogen) atoms. The molecule has 0 radical (unpaired) electrons. The van der Waals surface area contributed by atoms with Gasteiger partial charge >= 0.3 is 6.09 Å². The fourth-order valence-corrected chi connectivity index (χ4v) is 2.70. The Labute approximate surface area is 126 Å². The molecular formula is C14H17BrN2O3. The molecule has 0 bridgehead atoms. The van der Waals surface area contributed by atoms with Crippen molar-refractivity contribution < 1.29 is 14.7 Å². The molecule has 6 heteroatoms. The quantitative estimate of drug-likeness (QED) is 0.854. The molecule has 1 aromatic rings. The summed E-state index contributed by atoms with van der Waals surface area (Å²) in [6.07, 6.45) is -0.930. The molecule has 1 aromatic carbocycles. The van der Waals surface area contributed by atoms with Crippen LogP contribution in [0.5, 0.6) is 0 Å². The van der Waals surface area contributed by atoms with Crippen LogP contribution >= 0.6 is 15.9 Å². The van der Waals surface area contributed by atoms with Crippen molar-refractivity contribution in [2.75, 3.05) is 13.1 Å². The van der Waals surface area contributed by atoms with Crippen molar-refractivity contribution in [3.05, 3.63) is 34.3 Å². The number of piperazine rings is 1. The Hall–Kier alpha value is -1.56. The Kier molecular flexibility index (Phi) is 4.32. The highest BCUT2D eigenvalue weighted by Gasteiger charge is 2.34. The van der Waals surface area contributed by atoms with E-state index in [1.807, 2.05) is 26.0 Å². The molecule has 1 aliphatic heterocycles. The van der Waals surface area contributed by atoms with Gasteiger partial charge in [-0.05, 0) is 38.1 Å². The third kappa shape index (κ3) is 2.95. The zero-order valence-corrected chi connectivity index (χ0v) is 13.0. The molecule has 1 N–H and O–H groups in total. The Morgan fingerprint density at radius 3 is 2.15 bits per heavy atom. The molecule has 2 atom stereocenters. The monoisotopic (exact) mass is 340 g/mol. The first-order valence-electron chi connectivity index (χ1n) is 6.46. The molecule has 2 rings (SSSR count). The number of benzene rings is 1. The van der Waals surface area contributed by atoms with Gasteiger partial charge in [-0.15, -0.1) is 0 Å².